The lowest BCUT2D eigenvalue weighted by molar-refractivity contribution is -0.296. The molecule has 3 unspecified atom stereocenters. The van der Waals surface area contributed by atoms with Crippen LogP contribution in [0.1, 0.15) is 93.4 Å². The van der Waals surface area contributed by atoms with Crippen molar-refractivity contribution in [2.45, 2.75) is 160 Å². The molecule has 13 atom stereocenters. The van der Waals surface area contributed by atoms with Crippen LogP contribution in [-0.4, -0.2) is 142 Å². The number of nitrogen functional groups attached to an aromatic ring is 1. The second-order valence-corrected chi connectivity index (χ2v) is 18.0. The number of Topliss-reactive ketones (excluding diaryl/α,β-unsaturated/α-hetero) is 1. The number of nitrogens with zero attached hydrogens (tertiary/aromatic N) is 5. The standard InChI is InChI=1S/C44H69N7O9/c1-9-35-39-36(51(43(55)59-39)20-13-12-19-50-25-33(47-48-50)31-15-14-16-32(45)22-31)30(6)46-24-26(2)23-44(7,56-8)40(28(4)37(52)29(5)41(54)58-35)60-42-38(53)34(21-27(3)57-42)49-17-10-11-18-49/h14-16,22,25-30,34-36,38-40,42,46,53H,9-13,17-21,23-24,45H2,1-8H3/t26-,27?,28+,29-,30-,34?,35-,36-,38?,39-,40-,42+,44-/m1/s1. The number of benzene rings is 1. The minimum Gasteiger partial charge on any atom is -0.458 e. The summed E-state index contributed by atoms with van der Waals surface area (Å²) < 4.78 is 33.3. The normalized spacial score (nSPS) is 36.4. The molecule has 4 fully saturated rings. The number of unbranched alkanes of at least 4 members (excludes halogenated alkanes) is 1. The first-order chi connectivity index (χ1) is 28.6. The average molecular weight is 840 g/mol. The number of ketones is 1. The van der Waals surface area contributed by atoms with Crippen LogP contribution in [0.2, 0.25) is 0 Å². The van der Waals surface area contributed by atoms with Gasteiger partial charge in [0.1, 0.15) is 23.8 Å². The minimum absolute atomic E-state index is 0.00602. The summed E-state index contributed by atoms with van der Waals surface area (Å²) >= 11 is 0. The molecule has 4 aliphatic rings. The Morgan fingerprint density at radius 1 is 1.05 bits per heavy atom. The smallest absolute Gasteiger partial charge is 0.410 e. The zero-order chi connectivity index (χ0) is 43.3. The summed E-state index contributed by atoms with van der Waals surface area (Å²) in [5.41, 5.74) is 7.21. The van der Waals surface area contributed by atoms with E-state index in [4.69, 9.17) is 29.4 Å². The van der Waals surface area contributed by atoms with Crippen LogP contribution < -0.4 is 11.1 Å². The molecule has 1 aromatic carbocycles. The van der Waals surface area contributed by atoms with Crippen molar-refractivity contribution in [2.24, 2.45) is 17.8 Å². The maximum Gasteiger partial charge on any atom is 0.410 e. The number of aliphatic hydroxyl groups is 1. The number of ether oxygens (including phenoxy) is 5. The monoisotopic (exact) mass is 840 g/mol. The van der Waals surface area contributed by atoms with E-state index in [0.717, 1.165) is 43.6 Å². The van der Waals surface area contributed by atoms with Crippen molar-refractivity contribution >= 4 is 23.5 Å². The molecule has 4 N–H and O–H groups in total. The van der Waals surface area contributed by atoms with Gasteiger partial charge in [-0.2, -0.15) is 0 Å². The Morgan fingerprint density at radius 2 is 1.78 bits per heavy atom. The third-order valence-corrected chi connectivity index (χ3v) is 13.3. The summed E-state index contributed by atoms with van der Waals surface area (Å²) in [5.74, 6) is -3.06. The molecule has 5 heterocycles. The number of likely N-dealkylation sites (tertiary alicyclic amines) is 1. The fourth-order valence-electron chi connectivity index (χ4n) is 9.83. The first kappa shape index (κ1) is 45.8. The summed E-state index contributed by atoms with van der Waals surface area (Å²) in [6, 6.07) is 6.65. The lowest BCUT2D eigenvalue weighted by atomic mass is 9.78. The van der Waals surface area contributed by atoms with Crippen LogP contribution in [0.3, 0.4) is 0 Å². The number of rotatable bonds is 11. The quantitative estimate of drug-likeness (QED) is 0.125. The molecule has 16 heteroatoms. The molecular formula is C44H69N7O9. The molecule has 0 spiro atoms. The number of aromatic nitrogens is 3. The molecule has 1 aromatic heterocycles. The van der Waals surface area contributed by atoms with Crippen molar-refractivity contribution in [2.75, 3.05) is 39.0 Å². The minimum atomic E-state index is -1.16. The number of aryl methyl sites for hydroxylation is 1. The van der Waals surface area contributed by atoms with Crippen LogP contribution in [0.4, 0.5) is 10.5 Å². The number of nitrogens with one attached hydrogen (secondary N) is 1. The van der Waals surface area contributed by atoms with E-state index in [2.05, 4.69) is 27.5 Å². The lowest BCUT2D eigenvalue weighted by Gasteiger charge is -2.47. The van der Waals surface area contributed by atoms with Gasteiger partial charge in [-0.1, -0.05) is 38.1 Å². The topological polar surface area (TPSA) is 193 Å². The van der Waals surface area contributed by atoms with Gasteiger partial charge in [0.15, 0.2) is 18.2 Å². The highest BCUT2D eigenvalue weighted by Crippen LogP contribution is 2.37. The first-order valence-corrected chi connectivity index (χ1v) is 22.1. The van der Waals surface area contributed by atoms with Crippen molar-refractivity contribution < 1.29 is 43.2 Å². The van der Waals surface area contributed by atoms with Gasteiger partial charge in [0.05, 0.1) is 30.0 Å². The number of carbonyl (C=O) groups is 3. The fourth-order valence-corrected chi connectivity index (χ4v) is 9.83. The van der Waals surface area contributed by atoms with E-state index in [-0.39, 0.29) is 29.9 Å². The van der Waals surface area contributed by atoms with Gasteiger partial charge < -0.3 is 39.8 Å². The number of methoxy groups -OCH3 is 1. The van der Waals surface area contributed by atoms with Crippen LogP contribution >= 0.6 is 0 Å². The summed E-state index contributed by atoms with van der Waals surface area (Å²) in [5, 5.41) is 24.0. The number of aliphatic hydroxyl groups excluding tert-OH is 1. The maximum absolute atomic E-state index is 14.4. The Balaban J connectivity index is 1.19. The SMILES string of the molecule is CC[C@H]1OC(=O)[C@H](C)C(=O)[C@H](C)[C@@H](O[C@@H]2OC(C)CC(N3CCCC3)C2O)[C@](C)(OC)C[C@@H](C)CN[C@H](C)[C@@H]2[C@@H]1OC(=O)N2CCCCn1cc(-c2cccc(N)c2)nn1. The van der Waals surface area contributed by atoms with Crippen LogP contribution in [0, 0.1) is 17.8 Å². The Morgan fingerprint density at radius 3 is 2.48 bits per heavy atom. The number of hydrogen-bond acceptors (Lipinski definition) is 14. The zero-order valence-electron chi connectivity index (χ0n) is 36.8. The molecule has 0 radical (unpaired) electrons. The molecule has 334 valence electrons. The Bertz CT molecular complexity index is 1760. The molecule has 4 saturated heterocycles. The maximum atomic E-state index is 14.4. The fraction of sp³-hybridized carbons (Fsp3) is 0.750. The van der Waals surface area contributed by atoms with Crippen LogP contribution in [0.5, 0.6) is 0 Å². The molecular weight excluding hydrogens is 771 g/mol. The van der Waals surface area contributed by atoms with Crippen LogP contribution in [-0.2, 0) is 39.8 Å². The predicted octanol–water partition coefficient (Wildman–Crippen LogP) is 4.43. The average Bonchev–Trinajstić information content (AvgIpc) is 4.01. The first-order valence-electron chi connectivity index (χ1n) is 22.1. The van der Waals surface area contributed by atoms with E-state index in [1.807, 2.05) is 58.2 Å². The van der Waals surface area contributed by atoms with Gasteiger partial charge in [-0.15, -0.1) is 5.10 Å². The van der Waals surface area contributed by atoms with Gasteiger partial charge in [0.2, 0.25) is 0 Å². The number of carbonyl (C=O) groups excluding carboxylic acids is 3. The molecule has 16 nitrogen and oxygen atoms in total. The number of fused-ring (bicyclic) bond motifs is 1. The van der Waals surface area contributed by atoms with Gasteiger partial charge in [-0.3, -0.25) is 24.1 Å². The van der Waals surface area contributed by atoms with Crippen molar-refractivity contribution in [1.29, 1.82) is 0 Å². The van der Waals surface area contributed by atoms with E-state index < -0.39 is 66.2 Å². The summed E-state index contributed by atoms with van der Waals surface area (Å²) in [6.07, 6.45) is 1.95. The zero-order valence-corrected chi connectivity index (χ0v) is 36.8. The summed E-state index contributed by atoms with van der Waals surface area (Å²) in [6.45, 7) is 16.6. The number of cyclic esters (lactones) is 1. The van der Waals surface area contributed by atoms with Gasteiger partial charge in [-0.05, 0) is 110 Å². The second-order valence-electron chi connectivity index (χ2n) is 18.0. The van der Waals surface area contributed by atoms with Crippen molar-refractivity contribution in [3.05, 3.63) is 30.5 Å². The van der Waals surface area contributed by atoms with Crippen molar-refractivity contribution in [3.63, 3.8) is 0 Å². The molecule has 2 aromatic rings. The lowest BCUT2D eigenvalue weighted by Crippen LogP contribution is -2.59. The number of esters is 1. The van der Waals surface area contributed by atoms with Crippen molar-refractivity contribution in [3.8, 4) is 11.3 Å². The largest absolute Gasteiger partial charge is 0.458 e. The van der Waals surface area contributed by atoms with Gasteiger partial charge in [0, 0.05) is 49.5 Å². The summed E-state index contributed by atoms with van der Waals surface area (Å²) in [4.78, 5) is 46.0. The van der Waals surface area contributed by atoms with Gasteiger partial charge in [-0.25, -0.2) is 4.79 Å². The van der Waals surface area contributed by atoms with Gasteiger partial charge in [0.25, 0.3) is 0 Å². The molecule has 1 amide bonds. The third kappa shape index (κ3) is 10.3. The van der Waals surface area contributed by atoms with Gasteiger partial charge >= 0.3 is 12.1 Å². The molecule has 6 rings (SSSR count). The highest BCUT2D eigenvalue weighted by Gasteiger charge is 2.52. The predicted molar refractivity (Wildman–Crippen MR) is 224 cm³/mol. The number of nitrogens with two attached hydrogens (primary N) is 1. The van der Waals surface area contributed by atoms with E-state index in [0.29, 0.717) is 51.0 Å². The van der Waals surface area contributed by atoms with E-state index in [1.54, 1.807) is 30.5 Å². The highest BCUT2D eigenvalue weighted by atomic mass is 16.7. The Kier molecular flexibility index (Phi) is 15.3. The molecule has 0 aliphatic carbocycles. The van der Waals surface area contributed by atoms with E-state index >= 15 is 0 Å². The van der Waals surface area contributed by atoms with E-state index in [1.165, 1.54) is 0 Å². The molecule has 4 aliphatic heterocycles. The Hall–Kier alpha value is -3.67. The number of anilines is 1. The molecule has 0 bridgehead atoms. The number of hydrogen-bond donors (Lipinski definition) is 3. The van der Waals surface area contributed by atoms with Crippen LogP contribution in [0.15, 0.2) is 30.5 Å². The highest BCUT2D eigenvalue weighted by molar-refractivity contribution is 6.00. The van der Waals surface area contributed by atoms with E-state index in [9.17, 15) is 19.5 Å². The summed E-state index contributed by atoms with van der Waals surface area (Å²) in [7, 11) is 1.60. The second kappa shape index (κ2) is 20.0. The third-order valence-electron chi connectivity index (χ3n) is 13.3. The molecule has 0 saturated carbocycles. The van der Waals surface area contributed by atoms with Crippen LogP contribution in [0.25, 0.3) is 11.3 Å². The van der Waals surface area contributed by atoms with Crippen molar-refractivity contribution in [1.82, 2.24) is 30.1 Å². The molecule has 60 heavy (non-hydrogen) atoms. The Labute approximate surface area is 355 Å². The number of amides is 1.